The Bertz CT molecular complexity index is 638. The second-order valence-electron chi connectivity index (χ2n) is 6.47. The molecular weight excluding hydrogens is 280 g/mol. The van der Waals surface area contributed by atoms with Crippen molar-refractivity contribution in [3.8, 4) is 0 Å². The van der Waals surface area contributed by atoms with Crippen LogP contribution in [0, 0.1) is 18.8 Å². The zero-order valence-electron chi connectivity index (χ0n) is 12.8. The lowest BCUT2D eigenvalue weighted by molar-refractivity contribution is 0.293. The van der Waals surface area contributed by atoms with Crippen LogP contribution in [0.1, 0.15) is 38.2 Å². The number of fused-ring (bicyclic) bond motifs is 1. The molecule has 2 nitrogen and oxygen atoms in total. The van der Waals surface area contributed by atoms with Crippen molar-refractivity contribution in [2.24, 2.45) is 11.8 Å². The van der Waals surface area contributed by atoms with Gasteiger partial charge in [0, 0.05) is 18.1 Å². The molecule has 2 unspecified atom stereocenters. The third-order valence-corrected chi connectivity index (χ3v) is 4.94. The Morgan fingerprint density at radius 1 is 1.38 bits per heavy atom. The first-order valence-electron chi connectivity index (χ1n) is 7.93. The molecule has 0 amide bonds. The molecule has 1 aromatic carbocycles. The summed E-state index contributed by atoms with van der Waals surface area (Å²) in [5.74, 6) is 1.62. The van der Waals surface area contributed by atoms with Gasteiger partial charge >= 0.3 is 0 Å². The van der Waals surface area contributed by atoms with Crippen LogP contribution in [0.5, 0.6) is 0 Å². The minimum absolute atomic E-state index is 0.762. The summed E-state index contributed by atoms with van der Waals surface area (Å²) in [6.45, 7) is 5.44. The Balaban J connectivity index is 1.83. The van der Waals surface area contributed by atoms with Gasteiger partial charge in [-0.05, 0) is 55.4 Å². The van der Waals surface area contributed by atoms with Gasteiger partial charge in [0.1, 0.15) is 0 Å². The van der Waals surface area contributed by atoms with Gasteiger partial charge in [-0.2, -0.15) is 0 Å². The fourth-order valence-electron chi connectivity index (χ4n) is 3.55. The third-order valence-electron chi connectivity index (χ3n) is 4.65. The van der Waals surface area contributed by atoms with Gasteiger partial charge in [0.2, 0.25) is 0 Å². The van der Waals surface area contributed by atoms with Gasteiger partial charge in [-0.3, -0.25) is 4.98 Å². The van der Waals surface area contributed by atoms with E-state index in [9.17, 15) is 0 Å². The predicted molar refractivity (Wildman–Crippen MR) is 91.1 cm³/mol. The number of nitrogens with zero attached hydrogens (tertiary/aromatic N) is 1. The lowest BCUT2D eigenvalue weighted by Gasteiger charge is -2.27. The number of rotatable bonds is 3. The van der Waals surface area contributed by atoms with E-state index in [2.05, 4.69) is 30.2 Å². The maximum atomic E-state index is 6.46. The minimum Gasteiger partial charge on any atom is -0.383 e. The molecule has 0 spiro atoms. The summed E-state index contributed by atoms with van der Waals surface area (Å²) in [5, 5.41) is 5.54. The first-order valence-corrected chi connectivity index (χ1v) is 8.30. The molecule has 0 bridgehead atoms. The molecule has 112 valence electrons. The first-order chi connectivity index (χ1) is 10.1. The van der Waals surface area contributed by atoms with Crippen molar-refractivity contribution < 1.29 is 0 Å². The van der Waals surface area contributed by atoms with Crippen LogP contribution in [0.2, 0.25) is 5.02 Å². The quantitative estimate of drug-likeness (QED) is 0.817. The monoisotopic (exact) mass is 302 g/mol. The molecule has 0 radical (unpaired) electrons. The average molecular weight is 303 g/mol. The Kier molecular flexibility index (Phi) is 4.34. The third kappa shape index (κ3) is 3.16. The van der Waals surface area contributed by atoms with Crippen LogP contribution < -0.4 is 5.32 Å². The number of benzene rings is 1. The van der Waals surface area contributed by atoms with Gasteiger partial charge in [-0.25, -0.2) is 0 Å². The number of pyridine rings is 1. The molecule has 1 saturated carbocycles. The van der Waals surface area contributed by atoms with Crippen molar-refractivity contribution in [2.75, 3.05) is 11.9 Å². The molecule has 0 aliphatic heterocycles. The predicted octanol–water partition coefficient (Wildman–Crippen LogP) is 5.43. The summed E-state index contributed by atoms with van der Waals surface area (Å²) < 4.78 is 0. The Morgan fingerprint density at radius 2 is 2.24 bits per heavy atom. The van der Waals surface area contributed by atoms with E-state index >= 15 is 0 Å². The van der Waals surface area contributed by atoms with Crippen LogP contribution in [-0.2, 0) is 0 Å². The molecule has 3 heteroatoms. The topological polar surface area (TPSA) is 24.9 Å². The van der Waals surface area contributed by atoms with Crippen LogP contribution in [0.3, 0.4) is 0 Å². The molecule has 2 aromatic rings. The van der Waals surface area contributed by atoms with E-state index in [1.807, 2.05) is 18.3 Å². The highest BCUT2D eigenvalue weighted by molar-refractivity contribution is 6.35. The molecule has 1 heterocycles. The first kappa shape index (κ1) is 14.6. The standard InChI is InChI=1S/C18H23ClN2/c1-12-5-3-6-14(9-12)11-21-18-15-7-4-8-20-17(15)13(2)10-16(18)19/h4,7-8,10,12,14,21H,3,5-6,9,11H2,1-2H3. The maximum Gasteiger partial charge on any atom is 0.0752 e. The van der Waals surface area contributed by atoms with Crippen LogP contribution in [0.4, 0.5) is 5.69 Å². The molecule has 2 atom stereocenters. The molecule has 0 saturated heterocycles. The fraction of sp³-hybridized carbons (Fsp3) is 0.500. The Hall–Kier alpha value is -1.28. The summed E-state index contributed by atoms with van der Waals surface area (Å²) >= 11 is 6.46. The second-order valence-corrected chi connectivity index (χ2v) is 6.88. The highest BCUT2D eigenvalue weighted by atomic mass is 35.5. The summed E-state index contributed by atoms with van der Waals surface area (Å²) in [6, 6.07) is 6.10. The van der Waals surface area contributed by atoms with Gasteiger partial charge in [0.25, 0.3) is 0 Å². The lowest BCUT2D eigenvalue weighted by atomic mass is 9.82. The molecule has 1 N–H and O–H groups in total. The molecule has 1 aromatic heterocycles. The molecule has 1 aliphatic carbocycles. The summed E-state index contributed by atoms with van der Waals surface area (Å²) in [5.41, 5.74) is 3.22. The normalized spacial score (nSPS) is 22.4. The summed E-state index contributed by atoms with van der Waals surface area (Å²) in [4.78, 5) is 4.49. The smallest absolute Gasteiger partial charge is 0.0752 e. The van der Waals surface area contributed by atoms with Crippen molar-refractivity contribution in [1.29, 1.82) is 0 Å². The maximum absolute atomic E-state index is 6.46. The van der Waals surface area contributed by atoms with Crippen LogP contribution in [0.25, 0.3) is 10.9 Å². The van der Waals surface area contributed by atoms with Gasteiger partial charge in [0.05, 0.1) is 16.2 Å². The zero-order chi connectivity index (χ0) is 14.8. The fourth-order valence-corrected chi connectivity index (χ4v) is 3.88. The van der Waals surface area contributed by atoms with Gasteiger partial charge in [-0.15, -0.1) is 0 Å². The van der Waals surface area contributed by atoms with E-state index in [0.717, 1.165) is 45.6 Å². The average Bonchev–Trinajstić information content (AvgIpc) is 2.47. The van der Waals surface area contributed by atoms with E-state index in [1.54, 1.807) is 0 Å². The number of nitrogens with one attached hydrogen (secondary N) is 1. The van der Waals surface area contributed by atoms with Gasteiger partial charge < -0.3 is 5.32 Å². The van der Waals surface area contributed by atoms with E-state index in [0.29, 0.717) is 0 Å². The number of halogens is 1. The van der Waals surface area contributed by atoms with Crippen LogP contribution >= 0.6 is 11.6 Å². The SMILES string of the molecule is Cc1cc(Cl)c(NCC2CCCC(C)C2)c2cccnc12. The molecule has 1 fully saturated rings. The Morgan fingerprint density at radius 3 is 3.05 bits per heavy atom. The van der Waals surface area contributed by atoms with E-state index in [-0.39, 0.29) is 0 Å². The van der Waals surface area contributed by atoms with Crippen molar-refractivity contribution in [3.63, 3.8) is 0 Å². The number of aryl methyl sites for hydroxylation is 1. The van der Waals surface area contributed by atoms with E-state index in [1.165, 1.54) is 25.7 Å². The van der Waals surface area contributed by atoms with Crippen LogP contribution in [-0.4, -0.2) is 11.5 Å². The number of hydrogen-bond acceptors (Lipinski definition) is 2. The molecule has 3 rings (SSSR count). The number of aromatic nitrogens is 1. The van der Waals surface area contributed by atoms with Gasteiger partial charge in [-0.1, -0.05) is 31.4 Å². The summed E-state index contributed by atoms with van der Waals surface area (Å²) in [6.07, 6.45) is 7.24. The van der Waals surface area contributed by atoms with Gasteiger partial charge in [0.15, 0.2) is 0 Å². The summed E-state index contributed by atoms with van der Waals surface area (Å²) in [7, 11) is 0. The second kappa shape index (κ2) is 6.23. The van der Waals surface area contributed by atoms with Crippen molar-refractivity contribution in [2.45, 2.75) is 39.5 Å². The Labute approximate surface area is 131 Å². The van der Waals surface area contributed by atoms with E-state index in [4.69, 9.17) is 11.6 Å². The minimum atomic E-state index is 0.762. The highest BCUT2D eigenvalue weighted by Crippen LogP contribution is 2.34. The highest BCUT2D eigenvalue weighted by Gasteiger charge is 2.19. The van der Waals surface area contributed by atoms with Crippen molar-refractivity contribution >= 4 is 28.2 Å². The number of anilines is 1. The zero-order valence-corrected chi connectivity index (χ0v) is 13.6. The lowest BCUT2D eigenvalue weighted by Crippen LogP contribution is -2.21. The molecule has 21 heavy (non-hydrogen) atoms. The molecular formula is C18H23ClN2. The number of hydrogen-bond donors (Lipinski definition) is 1. The van der Waals surface area contributed by atoms with Crippen LogP contribution in [0.15, 0.2) is 24.4 Å². The van der Waals surface area contributed by atoms with Crippen molar-refractivity contribution in [1.82, 2.24) is 4.98 Å². The van der Waals surface area contributed by atoms with E-state index < -0.39 is 0 Å². The largest absolute Gasteiger partial charge is 0.383 e. The van der Waals surface area contributed by atoms with Crippen molar-refractivity contribution in [3.05, 3.63) is 35.0 Å². The molecule has 1 aliphatic rings.